The lowest BCUT2D eigenvalue weighted by molar-refractivity contribution is 0.457. The van der Waals surface area contributed by atoms with Crippen molar-refractivity contribution in [2.24, 2.45) is 0 Å². The Bertz CT molecular complexity index is 712. The van der Waals surface area contributed by atoms with Crippen LogP contribution in [-0.2, 0) is 23.6 Å². The first-order valence-corrected chi connectivity index (χ1v) is 9.53. The molecule has 1 heterocycles. The van der Waals surface area contributed by atoms with Gasteiger partial charge in [0, 0.05) is 5.25 Å². The lowest BCUT2D eigenvalue weighted by Crippen LogP contribution is -2.33. The van der Waals surface area contributed by atoms with Gasteiger partial charge in [-0.1, -0.05) is 24.3 Å². The zero-order valence-corrected chi connectivity index (χ0v) is 14.3. The summed E-state index contributed by atoms with van der Waals surface area (Å²) in [4.78, 5) is 0.575. The molecule has 1 fully saturated rings. The van der Waals surface area contributed by atoms with Crippen LogP contribution in [-0.4, -0.2) is 27.7 Å². The number of nitrogens with one attached hydrogen (secondary N) is 1. The zero-order valence-electron chi connectivity index (χ0n) is 13.5. The molecule has 128 valence electrons. The van der Waals surface area contributed by atoms with Crippen molar-refractivity contribution < 1.29 is 13.7 Å². The zero-order chi connectivity index (χ0) is 16.9. The van der Waals surface area contributed by atoms with Crippen LogP contribution in [0.3, 0.4) is 0 Å². The minimum Gasteiger partial charge on any atom is -0.507 e. The first-order valence-electron chi connectivity index (χ1n) is 8.32. The minimum atomic E-state index is -1.20. The predicted molar refractivity (Wildman–Crippen MR) is 94.2 cm³/mol. The van der Waals surface area contributed by atoms with Gasteiger partial charge in [-0.15, -0.1) is 0 Å². The molecule has 2 aromatic rings. The molecule has 2 aromatic carbocycles. The molecule has 3 nitrogen and oxygen atoms in total. The molecule has 24 heavy (non-hydrogen) atoms. The Morgan fingerprint density at radius 2 is 1.79 bits per heavy atom. The van der Waals surface area contributed by atoms with Crippen molar-refractivity contribution in [2.75, 3.05) is 13.1 Å². The van der Waals surface area contributed by atoms with E-state index in [0.717, 1.165) is 43.5 Å². The van der Waals surface area contributed by atoms with E-state index < -0.39 is 10.8 Å². The topological polar surface area (TPSA) is 49.3 Å². The van der Waals surface area contributed by atoms with Crippen molar-refractivity contribution in [3.63, 3.8) is 0 Å². The molecular formula is C19H22FNO2S. The summed E-state index contributed by atoms with van der Waals surface area (Å²) in [7, 11) is -1.20. The number of hydrogen-bond acceptors (Lipinski definition) is 3. The summed E-state index contributed by atoms with van der Waals surface area (Å²) < 4.78 is 26.0. The van der Waals surface area contributed by atoms with Crippen molar-refractivity contribution in [3.05, 3.63) is 59.4 Å². The smallest absolute Gasteiger partial charge is 0.131 e. The molecule has 0 spiro atoms. The van der Waals surface area contributed by atoms with E-state index in [0.29, 0.717) is 11.3 Å². The van der Waals surface area contributed by atoms with Gasteiger partial charge in [-0.3, -0.25) is 4.21 Å². The minimum absolute atomic E-state index is 0.0871. The Hall–Kier alpha value is -1.72. The van der Waals surface area contributed by atoms with Crippen molar-refractivity contribution in [2.45, 2.75) is 35.8 Å². The van der Waals surface area contributed by atoms with E-state index in [9.17, 15) is 13.7 Å². The normalized spacial score (nSPS) is 16.9. The number of piperidine rings is 1. The summed E-state index contributed by atoms with van der Waals surface area (Å²) in [5.74, 6) is -0.132. The first kappa shape index (κ1) is 17.1. The molecule has 2 N–H and O–H groups in total. The Balaban J connectivity index is 1.79. The van der Waals surface area contributed by atoms with Gasteiger partial charge < -0.3 is 10.4 Å². The molecule has 1 saturated heterocycles. The third-order valence-corrected chi connectivity index (χ3v) is 6.41. The molecule has 0 aliphatic carbocycles. The van der Waals surface area contributed by atoms with Crippen LogP contribution >= 0.6 is 0 Å². The van der Waals surface area contributed by atoms with Crippen LogP contribution in [0.4, 0.5) is 4.39 Å². The Morgan fingerprint density at radius 3 is 2.50 bits per heavy atom. The van der Waals surface area contributed by atoms with Crippen molar-refractivity contribution in [3.8, 4) is 5.75 Å². The number of phenols is 1. The number of phenolic OH excluding ortho intramolecular Hbond substituents is 1. The Morgan fingerprint density at radius 1 is 1.08 bits per heavy atom. The lowest BCUT2D eigenvalue weighted by atomic mass is 10.0. The average molecular weight is 347 g/mol. The van der Waals surface area contributed by atoms with Gasteiger partial charge in [-0.05, 0) is 68.1 Å². The molecule has 1 aliphatic heterocycles. The SMILES string of the molecule is O=S(c1c(O)cccc1CCc1ccc(F)cc1)C1CCNCC1. The van der Waals surface area contributed by atoms with Crippen LogP contribution in [0.5, 0.6) is 5.75 Å². The summed E-state index contributed by atoms with van der Waals surface area (Å²) in [6, 6.07) is 11.8. The summed E-state index contributed by atoms with van der Waals surface area (Å²) in [6.07, 6.45) is 3.11. The second-order valence-electron chi connectivity index (χ2n) is 6.14. The summed E-state index contributed by atoms with van der Waals surface area (Å²) in [5, 5.41) is 13.6. The van der Waals surface area contributed by atoms with Gasteiger partial charge in [-0.2, -0.15) is 0 Å². The summed E-state index contributed by atoms with van der Waals surface area (Å²) in [6.45, 7) is 1.74. The van der Waals surface area contributed by atoms with E-state index in [1.54, 1.807) is 24.3 Å². The molecule has 1 aliphatic rings. The Kier molecular flexibility index (Phi) is 5.63. The number of aryl methyl sites for hydroxylation is 2. The van der Waals surface area contributed by atoms with Crippen LogP contribution in [0.1, 0.15) is 24.0 Å². The fourth-order valence-corrected chi connectivity index (χ4v) is 4.81. The van der Waals surface area contributed by atoms with Gasteiger partial charge in [0.1, 0.15) is 11.6 Å². The number of rotatable bonds is 5. The maximum Gasteiger partial charge on any atom is 0.131 e. The van der Waals surface area contributed by atoms with Gasteiger partial charge in [-0.25, -0.2) is 4.39 Å². The fourth-order valence-electron chi connectivity index (χ4n) is 3.11. The van der Waals surface area contributed by atoms with E-state index in [1.165, 1.54) is 12.1 Å². The monoisotopic (exact) mass is 347 g/mol. The molecule has 1 unspecified atom stereocenters. The van der Waals surface area contributed by atoms with Crippen LogP contribution in [0, 0.1) is 5.82 Å². The first-order chi connectivity index (χ1) is 11.6. The quantitative estimate of drug-likeness (QED) is 0.873. The standard InChI is InChI=1S/C19H22FNO2S/c20-16-8-5-14(6-9-16)4-7-15-2-1-3-18(22)19(15)24(23)17-10-12-21-13-11-17/h1-3,5-6,8-9,17,21-22H,4,7,10-13H2. The van der Waals surface area contributed by atoms with Gasteiger partial charge in [0.25, 0.3) is 0 Å². The highest BCUT2D eigenvalue weighted by Crippen LogP contribution is 2.30. The van der Waals surface area contributed by atoms with Crippen LogP contribution in [0.2, 0.25) is 0 Å². The molecular weight excluding hydrogens is 325 g/mol. The van der Waals surface area contributed by atoms with Crippen molar-refractivity contribution in [1.82, 2.24) is 5.32 Å². The van der Waals surface area contributed by atoms with Gasteiger partial charge in [0.15, 0.2) is 0 Å². The fraction of sp³-hybridized carbons (Fsp3) is 0.368. The number of halogens is 1. The van der Waals surface area contributed by atoms with Crippen LogP contribution < -0.4 is 5.32 Å². The molecule has 5 heteroatoms. The van der Waals surface area contributed by atoms with Gasteiger partial charge in [0.2, 0.25) is 0 Å². The highest BCUT2D eigenvalue weighted by molar-refractivity contribution is 7.85. The molecule has 1 atom stereocenters. The maximum atomic E-state index is 13.0. The van der Waals surface area contributed by atoms with Crippen LogP contribution in [0.25, 0.3) is 0 Å². The lowest BCUT2D eigenvalue weighted by Gasteiger charge is -2.23. The largest absolute Gasteiger partial charge is 0.507 e. The van der Waals surface area contributed by atoms with E-state index in [4.69, 9.17) is 0 Å². The van der Waals surface area contributed by atoms with E-state index in [1.807, 2.05) is 6.07 Å². The number of aromatic hydroxyl groups is 1. The third-order valence-electron chi connectivity index (χ3n) is 4.46. The van der Waals surface area contributed by atoms with Crippen molar-refractivity contribution >= 4 is 10.8 Å². The van der Waals surface area contributed by atoms with Gasteiger partial charge >= 0.3 is 0 Å². The maximum absolute atomic E-state index is 13.0. The molecule has 0 bridgehead atoms. The number of hydrogen-bond donors (Lipinski definition) is 2. The predicted octanol–water partition coefficient (Wildman–Crippen LogP) is 3.18. The molecule has 0 radical (unpaired) electrons. The highest BCUT2D eigenvalue weighted by Gasteiger charge is 2.25. The van der Waals surface area contributed by atoms with Crippen molar-refractivity contribution in [1.29, 1.82) is 0 Å². The molecule has 0 amide bonds. The second kappa shape index (κ2) is 7.90. The highest BCUT2D eigenvalue weighted by atomic mass is 32.2. The summed E-state index contributed by atoms with van der Waals surface area (Å²) >= 11 is 0. The average Bonchev–Trinajstić information content (AvgIpc) is 2.61. The Labute approximate surface area is 144 Å². The number of benzene rings is 2. The van der Waals surface area contributed by atoms with E-state index in [2.05, 4.69) is 5.32 Å². The van der Waals surface area contributed by atoms with Gasteiger partial charge in [0.05, 0.1) is 15.7 Å². The second-order valence-corrected chi connectivity index (χ2v) is 7.81. The molecule has 0 saturated carbocycles. The van der Waals surface area contributed by atoms with E-state index in [-0.39, 0.29) is 16.8 Å². The van der Waals surface area contributed by atoms with Crippen LogP contribution in [0.15, 0.2) is 47.4 Å². The molecule has 0 aromatic heterocycles. The summed E-state index contributed by atoms with van der Waals surface area (Å²) in [5.41, 5.74) is 1.94. The third kappa shape index (κ3) is 4.02. The van der Waals surface area contributed by atoms with E-state index >= 15 is 0 Å². The molecule has 3 rings (SSSR count).